The fourth-order valence-electron chi connectivity index (χ4n) is 2.96. The first-order chi connectivity index (χ1) is 9.81. The van der Waals surface area contributed by atoms with Gasteiger partial charge in [-0.1, -0.05) is 38.9 Å². The van der Waals surface area contributed by atoms with Gasteiger partial charge in [-0.2, -0.15) is 0 Å². The van der Waals surface area contributed by atoms with E-state index in [1.807, 2.05) is 0 Å². The fraction of sp³-hybridized carbons (Fsp3) is 0.643. The van der Waals surface area contributed by atoms with Crippen molar-refractivity contribution in [1.29, 1.82) is 0 Å². The SMILES string of the molecule is CC(C)C1CCCCC1NS(=O)(=O)c1ccc(C(N)=S)s1. The maximum Gasteiger partial charge on any atom is 0.250 e. The molecular formula is C14H22N2O2S3. The highest BCUT2D eigenvalue weighted by molar-refractivity contribution is 7.91. The summed E-state index contributed by atoms with van der Waals surface area (Å²) in [6.45, 7) is 4.32. The lowest BCUT2D eigenvalue weighted by Crippen LogP contribution is -2.43. The van der Waals surface area contributed by atoms with E-state index in [1.165, 1.54) is 6.42 Å². The van der Waals surface area contributed by atoms with Crippen molar-refractivity contribution in [2.75, 3.05) is 0 Å². The van der Waals surface area contributed by atoms with Gasteiger partial charge in [-0.25, -0.2) is 13.1 Å². The Kier molecular flexibility index (Phi) is 5.40. The van der Waals surface area contributed by atoms with Crippen LogP contribution in [0, 0.1) is 11.8 Å². The number of nitrogens with two attached hydrogens (primary N) is 1. The normalized spacial score (nSPS) is 23.4. The monoisotopic (exact) mass is 346 g/mol. The topological polar surface area (TPSA) is 72.2 Å². The van der Waals surface area contributed by atoms with Crippen LogP contribution in [0.4, 0.5) is 0 Å². The molecule has 21 heavy (non-hydrogen) atoms. The van der Waals surface area contributed by atoms with Gasteiger partial charge in [0.2, 0.25) is 10.0 Å². The molecule has 4 nitrogen and oxygen atoms in total. The first kappa shape index (κ1) is 16.9. The van der Waals surface area contributed by atoms with E-state index in [0.717, 1.165) is 30.6 Å². The molecule has 7 heteroatoms. The molecular weight excluding hydrogens is 324 g/mol. The molecule has 3 N–H and O–H groups in total. The summed E-state index contributed by atoms with van der Waals surface area (Å²) >= 11 is 6.02. The average Bonchev–Trinajstić information content (AvgIpc) is 2.89. The van der Waals surface area contributed by atoms with Gasteiger partial charge < -0.3 is 5.73 Å². The second-order valence-corrected chi connectivity index (χ2v) is 9.37. The molecule has 1 aliphatic rings. The van der Waals surface area contributed by atoms with Gasteiger partial charge in [-0.15, -0.1) is 11.3 Å². The summed E-state index contributed by atoms with van der Waals surface area (Å²) in [6, 6.07) is 3.27. The number of thiophene rings is 1. The van der Waals surface area contributed by atoms with Crippen LogP contribution in [-0.2, 0) is 10.0 Å². The van der Waals surface area contributed by atoms with Crippen LogP contribution >= 0.6 is 23.6 Å². The summed E-state index contributed by atoms with van der Waals surface area (Å²) in [5.74, 6) is 0.886. The smallest absolute Gasteiger partial charge is 0.250 e. The second kappa shape index (κ2) is 6.73. The van der Waals surface area contributed by atoms with E-state index in [0.29, 0.717) is 20.9 Å². The van der Waals surface area contributed by atoms with Crippen molar-refractivity contribution in [1.82, 2.24) is 4.72 Å². The molecule has 0 aromatic carbocycles. The van der Waals surface area contributed by atoms with Crippen molar-refractivity contribution in [3.8, 4) is 0 Å². The molecule has 118 valence electrons. The minimum Gasteiger partial charge on any atom is -0.389 e. The van der Waals surface area contributed by atoms with Crippen LogP contribution in [0.25, 0.3) is 0 Å². The Hall–Kier alpha value is -0.500. The summed E-state index contributed by atoms with van der Waals surface area (Å²) in [5.41, 5.74) is 5.54. The Morgan fingerprint density at radius 2 is 2.05 bits per heavy atom. The van der Waals surface area contributed by atoms with E-state index in [4.69, 9.17) is 18.0 Å². The van der Waals surface area contributed by atoms with Crippen molar-refractivity contribution < 1.29 is 8.42 Å². The summed E-state index contributed by atoms with van der Waals surface area (Å²) in [6.07, 6.45) is 4.27. The summed E-state index contributed by atoms with van der Waals surface area (Å²) in [7, 11) is -3.49. The van der Waals surface area contributed by atoms with Crippen molar-refractivity contribution in [2.45, 2.75) is 49.8 Å². The first-order valence-corrected chi connectivity index (χ1v) is 9.94. The highest BCUT2D eigenvalue weighted by Crippen LogP contribution is 2.32. The lowest BCUT2D eigenvalue weighted by molar-refractivity contribution is 0.226. The molecule has 2 unspecified atom stereocenters. The Balaban J connectivity index is 2.17. The van der Waals surface area contributed by atoms with Gasteiger partial charge >= 0.3 is 0 Å². The highest BCUT2D eigenvalue weighted by Gasteiger charge is 2.31. The zero-order chi connectivity index (χ0) is 15.6. The van der Waals surface area contributed by atoms with Crippen molar-refractivity contribution >= 4 is 38.6 Å². The molecule has 1 aromatic rings. The minimum absolute atomic E-state index is 0.0270. The third kappa shape index (κ3) is 4.03. The van der Waals surface area contributed by atoms with Gasteiger partial charge in [-0.05, 0) is 36.8 Å². The van der Waals surface area contributed by atoms with Crippen molar-refractivity contribution in [3.05, 3.63) is 17.0 Å². The molecule has 2 atom stereocenters. The highest BCUT2D eigenvalue weighted by atomic mass is 32.2. The van der Waals surface area contributed by atoms with E-state index in [9.17, 15) is 8.42 Å². The van der Waals surface area contributed by atoms with Gasteiger partial charge in [0.15, 0.2) is 0 Å². The predicted molar refractivity (Wildman–Crippen MR) is 91.1 cm³/mol. The van der Waals surface area contributed by atoms with Gasteiger partial charge in [-0.3, -0.25) is 0 Å². The molecule has 1 saturated carbocycles. The van der Waals surface area contributed by atoms with E-state index in [-0.39, 0.29) is 11.0 Å². The Morgan fingerprint density at radius 1 is 1.38 bits per heavy atom. The zero-order valence-electron chi connectivity index (χ0n) is 12.3. The molecule has 0 amide bonds. The van der Waals surface area contributed by atoms with E-state index in [1.54, 1.807) is 12.1 Å². The van der Waals surface area contributed by atoms with Crippen LogP contribution in [0.5, 0.6) is 0 Å². The van der Waals surface area contributed by atoms with E-state index in [2.05, 4.69) is 18.6 Å². The fourth-order valence-corrected chi connectivity index (χ4v) is 5.65. The van der Waals surface area contributed by atoms with Gasteiger partial charge in [0.1, 0.15) is 9.20 Å². The lowest BCUT2D eigenvalue weighted by Gasteiger charge is -2.34. The number of hydrogen-bond donors (Lipinski definition) is 2. The first-order valence-electron chi connectivity index (χ1n) is 7.23. The minimum atomic E-state index is -3.49. The van der Waals surface area contributed by atoms with Crippen LogP contribution in [-0.4, -0.2) is 19.4 Å². The van der Waals surface area contributed by atoms with Crippen LogP contribution in [0.3, 0.4) is 0 Å². The van der Waals surface area contributed by atoms with Crippen LogP contribution < -0.4 is 10.5 Å². The van der Waals surface area contributed by atoms with Crippen molar-refractivity contribution in [2.24, 2.45) is 17.6 Å². The second-order valence-electron chi connectivity index (χ2n) is 5.90. The molecule has 0 aliphatic heterocycles. The number of thiocarbonyl (C=S) groups is 1. The summed E-state index contributed by atoms with van der Waals surface area (Å²) in [4.78, 5) is 0.869. The number of nitrogens with one attached hydrogen (secondary N) is 1. The van der Waals surface area contributed by atoms with Crippen LogP contribution in [0.2, 0.25) is 0 Å². The van der Waals surface area contributed by atoms with Crippen LogP contribution in [0.1, 0.15) is 44.4 Å². The van der Waals surface area contributed by atoms with E-state index < -0.39 is 10.0 Å². The molecule has 1 aliphatic carbocycles. The third-order valence-electron chi connectivity index (χ3n) is 4.07. The largest absolute Gasteiger partial charge is 0.389 e. The molecule has 1 heterocycles. The number of sulfonamides is 1. The number of rotatable bonds is 5. The van der Waals surface area contributed by atoms with Gasteiger partial charge in [0.25, 0.3) is 0 Å². The molecule has 1 fully saturated rings. The Bertz CT molecular complexity index is 607. The predicted octanol–water partition coefficient (Wildman–Crippen LogP) is 2.88. The standard InChI is InChI=1S/C14H22N2O2S3/c1-9(2)10-5-3-4-6-11(10)16-21(17,18)13-8-7-12(20-13)14(15)19/h7-11,16H,3-6H2,1-2H3,(H2,15,19). The molecule has 2 rings (SSSR count). The maximum absolute atomic E-state index is 12.5. The number of hydrogen-bond acceptors (Lipinski definition) is 4. The lowest BCUT2D eigenvalue weighted by atomic mass is 9.78. The molecule has 0 saturated heterocycles. The molecule has 1 aromatic heterocycles. The molecule has 0 spiro atoms. The Morgan fingerprint density at radius 3 is 2.62 bits per heavy atom. The molecule has 0 bridgehead atoms. The quantitative estimate of drug-likeness (QED) is 0.804. The summed E-state index contributed by atoms with van der Waals surface area (Å²) in [5, 5.41) is 0. The summed E-state index contributed by atoms with van der Waals surface area (Å²) < 4.78 is 28.2. The van der Waals surface area contributed by atoms with Crippen molar-refractivity contribution in [3.63, 3.8) is 0 Å². The average molecular weight is 347 g/mol. The third-order valence-corrected chi connectivity index (χ3v) is 7.52. The van der Waals surface area contributed by atoms with Crippen LogP contribution in [0.15, 0.2) is 16.3 Å². The van der Waals surface area contributed by atoms with E-state index >= 15 is 0 Å². The Labute approximate surface area is 136 Å². The molecule has 0 radical (unpaired) electrons. The van der Waals surface area contributed by atoms with Gasteiger partial charge in [0, 0.05) is 6.04 Å². The van der Waals surface area contributed by atoms with Gasteiger partial charge in [0.05, 0.1) is 4.88 Å². The zero-order valence-corrected chi connectivity index (χ0v) is 14.8. The maximum atomic E-state index is 12.5.